The lowest BCUT2D eigenvalue weighted by molar-refractivity contribution is 0.377. The molecule has 0 N–H and O–H groups in total. The standard InChI is InChI=1S/C21H44/c1-5-7-9-11-13-15-17-21(4)19-18-20(3)16-14-12-10-8-6-2/h20-21H,5-19H2,1-4H3. The van der Waals surface area contributed by atoms with Crippen LogP contribution in [0.5, 0.6) is 0 Å². The van der Waals surface area contributed by atoms with Crippen molar-refractivity contribution in [1.82, 2.24) is 0 Å². The third-order valence-corrected chi connectivity index (χ3v) is 5.00. The Morgan fingerprint density at radius 1 is 0.429 bits per heavy atom. The van der Waals surface area contributed by atoms with Gasteiger partial charge in [0.1, 0.15) is 0 Å². The lowest BCUT2D eigenvalue weighted by Gasteiger charge is -2.15. The van der Waals surface area contributed by atoms with Gasteiger partial charge in [0.15, 0.2) is 0 Å². The van der Waals surface area contributed by atoms with Crippen molar-refractivity contribution in [3.05, 3.63) is 0 Å². The SMILES string of the molecule is CCCCCCCCC(C)CCC(C)CCCCCCC. The van der Waals surface area contributed by atoms with Gasteiger partial charge in [0.05, 0.1) is 0 Å². The average molecular weight is 297 g/mol. The number of hydrogen-bond donors (Lipinski definition) is 0. The molecule has 0 aliphatic heterocycles. The van der Waals surface area contributed by atoms with Crippen LogP contribution in [-0.2, 0) is 0 Å². The molecule has 0 aromatic rings. The van der Waals surface area contributed by atoms with Crippen LogP contribution >= 0.6 is 0 Å². The summed E-state index contributed by atoms with van der Waals surface area (Å²) in [4.78, 5) is 0. The van der Waals surface area contributed by atoms with E-state index >= 15 is 0 Å². The molecule has 0 heteroatoms. The zero-order valence-electron chi connectivity index (χ0n) is 15.8. The molecule has 0 aromatic carbocycles. The second-order valence-electron chi connectivity index (χ2n) is 7.55. The van der Waals surface area contributed by atoms with Crippen LogP contribution in [0.25, 0.3) is 0 Å². The molecular formula is C21H44. The zero-order chi connectivity index (χ0) is 15.8. The third kappa shape index (κ3) is 16.2. The van der Waals surface area contributed by atoms with Gasteiger partial charge in [0.2, 0.25) is 0 Å². The fourth-order valence-electron chi connectivity index (χ4n) is 3.23. The molecule has 0 saturated carbocycles. The summed E-state index contributed by atoms with van der Waals surface area (Å²) < 4.78 is 0. The topological polar surface area (TPSA) is 0 Å². The molecule has 0 fully saturated rings. The van der Waals surface area contributed by atoms with Gasteiger partial charge in [-0.3, -0.25) is 0 Å². The van der Waals surface area contributed by atoms with E-state index in [9.17, 15) is 0 Å². The molecule has 128 valence electrons. The molecule has 21 heavy (non-hydrogen) atoms. The van der Waals surface area contributed by atoms with Crippen molar-refractivity contribution in [1.29, 1.82) is 0 Å². The predicted octanol–water partition coefficient (Wildman–Crippen LogP) is 8.15. The van der Waals surface area contributed by atoms with Gasteiger partial charge in [-0.15, -0.1) is 0 Å². The molecule has 0 saturated heterocycles. The van der Waals surface area contributed by atoms with Gasteiger partial charge in [-0.1, -0.05) is 124 Å². The second-order valence-corrected chi connectivity index (χ2v) is 7.55. The Kier molecular flexibility index (Phi) is 16.4. The highest BCUT2D eigenvalue weighted by molar-refractivity contribution is 4.60. The van der Waals surface area contributed by atoms with E-state index in [2.05, 4.69) is 27.7 Å². The van der Waals surface area contributed by atoms with Crippen molar-refractivity contribution in [3.63, 3.8) is 0 Å². The van der Waals surface area contributed by atoms with Gasteiger partial charge in [0.25, 0.3) is 0 Å². The van der Waals surface area contributed by atoms with Crippen LogP contribution in [0.3, 0.4) is 0 Å². The van der Waals surface area contributed by atoms with E-state index in [4.69, 9.17) is 0 Å². The summed E-state index contributed by atoms with van der Waals surface area (Å²) in [5.74, 6) is 1.91. The van der Waals surface area contributed by atoms with Gasteiger partial charge < -0.3 is 0 Å². The van der Waals surface area contributed by atoms with Crippen molar-refractivity contribution < 1.29 is 0 Å². The van der Waals surface area contributed by atoms with E-state index in [-0.39, 0.29) is 0 Å². The van der Waals surface area contributed by atoms with E-state index < -0.39 is 0 Å². The second kappa shape index (κ2) is 16.4. The van der Waals surface area contributed by atoms with Crippen molar-refractivity contribution in [2.45, 2.75) is 124 Å². The molecule has 0 aliphatic rings. The normalized spacial score (nSPS) is 14.3. The summed E-state index contributed by atoms with van der Waals surface area (Å²) in [5, 5.41) is 0. The van der Waals surface area contributed by atoms with Crippen LogP contribution in [0.1, 0.15) is 124 Å². The molecule has 0 rings (SSSR count). The lowest BCUT2D eigenvalue weighted by Crippen LogP contribution is -2.01. The Labute approximate surface area is 136 Å². The Hall–Kier alpha value is 0. The Morgan fingerprint density at radius 2 is 0.762 bits per heavy atom. The third-order valence-electron chi connectivity index (χ3n) is 5.00. The van der Waals surface area contributed by atoms with Gasteiger partial charge in [-0.05, 0) is 11.8 Å². The Bertz CT molecular complexity index is 184. The monoisotopic (exact) mass is 296 g/mol. The minimum absolute atomic E-state index is 0.957. The van der Waals surface area contributed by atoms with Crippen molar-refractivity contribution in [3.8, 4) is 0 Å². The summed E-state index contributed by atoms with van der Waals surface area (Å²) >= 11 is 0. The molecule has 2 atom stereocenters. The molecule has 0 heterocycles. The minimum Gasteiger partial charge on any atom is -0.0654 e. The van der Waals surface area contributed by atoms with Crippen LogP contribution in [0.4, 0.5) is 0 Å². The molecule has 0 bridgehead atoms. The van der Waals surface area contributed by atoms with E-state index in [0.717, 1.165) is 11.8 Å². The van der Waals surface area contributed by atoms with E-state index in [1.165, 1.54) is 96.3 Å². The first kappa shape index (κ1) is 21.0. The van der Waals surface area contributed by atoms with Crippen LogP contribution in [0.2, 0.25) is 0 Å². The first-order valence-electron chi connectivity index (χ1n) is 10.2. The van der Waals surface area contributed by atoms with Crippen molar-refractivity contribution in [2.75, 3.05) is 0 Å². The molecule has 0 radical (unpaired) electrons. The van der Waals surface area contributed by atoms with Crippen LogP contribution in [-0.4, -0.2) is 0 Å². The van der Waals surface area contributed by atoms with Crippen molar-refractivity contribution in [2.24, 2.45) is 11.8 Å². The fraction of sp³-hybridized carbons (Fsp3) is 1.00. The van der Waals surface area contributed by atoms with Crippen LogP contribution in [0.15, 0.2) is 0 Å². The summed E-state index contributed by atoms with van der Waals surface area (Å²) in [5.41, 5.74) is 0. The van der Waals surface area contributed by atoms with E-state index in [1.807, 2.05) is 0 Å². The van der Waals surface area contributed by atoms with Crippen LogP contribution < -0.4 is 0 Å². The molecule has 0 amide bonds. The van der Waals surface area contributed by atoms with E-state index in [0.29, 0.717) is 0 Å². The molecular weight excluding hydrogens is 252 g/mol. The zero-order valence-corrected chi connectivity index (χ0v) is 15.8. The van der Waals surface area contributed by atoms with Gasteiger partial charge >= 0.3 is 0 Å². The van der Waals surface area contributed by atoms with Gasteiger partial charge in [-0.25, -0.2) is 0 Å². The highest BCUT2D eigenvalue weighted by atomic mass is 14.1. The predicted molar refractivity (Wildman–Crippen MR) is 98.9 cm³/mol. The maximum Gasteiger partial charge on any atom is -0.0443 e. The van der Waals surface area contributed by atoms with Gasteiger partial charge in [-0.2, -0.15) is 0 Å². The molecule has 0 aliphatic carbocycles. The smallest absolute Gasteiger partial charge is 0.0443 e. The molecule has 2 unspecified atom stereocenters. The first-order valence-corrected chi connectivity index (χ1v) is 10.2. The van der Waals surface area contributed by atoms with E-state index in [1.54, 1.807) is 0 Å². The van der Waals surface area contributed by atoms with Gasteiger partial charge in [0, 0.05) is 0 Å². The summed E-state index contributed by atoms with van der Waals surface area (Å²) in [7, 11) is 0. The summed E-state index contributed by atoms with van der Waals surface area (Å²) in [6.45, 7) is 9.54. The first-order chi connectivity index (χ1) is 10.2. The maximum atomic E-state index is 2.47. The highest BCUT2D eigenvalue weighted by Gasteiger charge is 2.06. The lowest BCUT2D eigenvalue weighted by atomic mass is 9.91. The van der Waals surface area contributed by atoms with Crippen molar-refractivity contribution >= 4 is 0 Å². The average Bonchev–Trinajstić information content (AvgIpc) is 2.48. The molecule has 0 spiro atoms. The number of rotatable bonds is 16. The van der Waals surface area contributed by atoms with Crippen LogP contribution in [0, 0.1) is 11.8 Å². The molecule has 0 nitrogen and oxygen atoms in total. The Balaban J connectivity index is 3.32. The maximum absolute atomic E-state index is 2.47. The minimum atomic E-state index is 0.957. The number of unbranched alkanes of at least 4 members (excludes halogenated alkanes) is 9. The molecule has 0 aromatic heterocycles. The quantitative estimate of drug-likeness (QED) is 0.252. The summed E-state index contributed by atoms with van der Waals surface area (Å²) in [6.07, 6.45) is 21.7. The highest BCUT2D eigenvalue weighted by Crippen LogP contribution is 2.22. The fourth-order valence-corrected chi connectivity index (χ4v) is 3.23. The number of hydrogen-bond acceptors (Lipinski definition) is 0. The summed E-state index contributed by atoms with van der Waals surface area (Å²) in [6, 6.07) is 0. The largest absolute Gasteiger partial charge is 0.0654 e. The Morgan fingerprint density at radius 3 is 1.14 bits per heavy atom.